The summed E-state index contributed by atoms with van der Waals surface area (Å²) in [6.07, 6.45) is 4.08. The fourth-order valence-corrected chi connectivity index (χ4v) is 2.32. The average Bonchev–Trinajstić information content (AvgIpc) is 2.37. The van der Waals surface area contributed by atoms with Gasteiger partial charge in [-0.15, -0.1) is 0 Å². The van der Waals surface area contributed by atoms with Crippen LogP contribution in [-0.2, 0) is 0 Å². The Morgan fingerprint density at radius 3 is 2.63 bits per heavy atom. The van der Waals surface area contributed by atoms with E-state index in [-0.39, 0.29) is 0 Å². The maximum Gasteiger partial charge on any atom is 0.161 e. The standard InChI is InChI=1S/C16H19N3/c1-12-10-15(17-11-13-6-5-7-13)19-16(18-12)14-8-3-2-4-9-14/h2-4,8-10,13H,5-7,11H2,1H3,(H,17,18,19). The molecule has 1 heterocycles. The number of aryl methyl sites for hydroxylation is 1. The molecule has 1 saturated carbocycles. The van der Waals surface area contributed by atoms with Gasteiger partial charge in [0, 0.05) is 23.9 Å². The molecular weight excluding hydrogens is 234 g/mol. The lowest BCUT2D eigenvalue weighted by Gasteiger charge is -2.25. The number of benzene rings is 1. The second-order valence-corrected chi connectivity index (χ2v) is 5.26. The van der Waals surface area contributed by atoms with Crippen molar-refractivity contribution in [2.75, 3.05) is 11.9 Å². The molecule has 98 valence electrons. The van der Waals surface area contributed by atoms with Crippen LogP contribution in [0, 0.1) is 12.8 Å². The largest absolute Gasteiger partial charge is 0.370 e. The van der Waals surface area contributed by atoms with Gasteiger partial charge in [-0.25, -0.2) is 9.97 Å². The summed E-state index contributed by atoms with van der Waals surface area (Å²) in [6.45, 7) is 3.05. The van der Waals surface area contributed by atoms with Crippen LogP contribution in [0.1, 0.15) is 25.0 Å². The Morgan fingerprint density at radius 2 is 1.95 bits per heavy atom. The van der Waals surface area contributed by atoms with E-state index in [1.807, 2.05) is 43.3 Å². The third kappa shape index (κ3) is 2.92. The van der Waals surface area contributed by atoms with Crippen molar-refractivity contribution in [3.8, 4) is 11.4 Å². The minimum Gasteiger partial charge on any atom is -0.370 e. The lowest BCUT2D eigenvalue weighted by atomic mass is 9.85. The minimum absolute atomic E-state index is 0.803. The van der Waals surface area contributed by atoms with Crippen LogP contribution in [0.3, 0.4) is 0 Å². The predicted octanol–water partition coefficient (Wildman–Crippen LogP) is 3.66. The van der Waals surface area contributed by atoms with Gasteiger partial charge in [0.25, 0.3) is 0 Å². The lowest BCUT2D eigenvalue weighted by molar-refractivity contribution is 0.333. The first-order valence-corrected chi connectivity index (χ1v) is 6.96. The van der Waals surface area contributed by atoms with E-state index < -0.39 is 0 Å². The van der Waals surface area contributed by atoms with Crippen LogP contribution in [0.5, 0.6) is 0 Å². The summed E-state index contributed by atoms with van der Waals surface area (Å²) in [5.41, 5.74) is 2.07. The summed E-state index contributed by atoms with van der Waals surface area (Å²) in [5, 5.41) is 3.45. The Hall–Kier alpha value is -1.90. The molecule has 0 radical (unpaired) electrons. The molecule has 3 heteroatoms. The number of aromatic nitrogens is 2. The molecule has 1 N–H and O–H groups in total. The van der Waals surface area contributed by atoms with Crippen LogP contribution in [-0.4, -0.2) is 16.5 Å². The van der Waals surface area contributed by atoms with E-state index in [4.69, 9.17) is 0 Å². The van der Waals surface area contributed by atoms with Crippen molar-refractivity contribution in [1.82, 2.24) is 9.97 Å². The number of anilines is 1. The monoisotopic (exact) mass is 253 g/mol. The van der Waals surface area contributed by atoms with Crippen molar-refractivity contribution >= 4 is 5.82 Å². The highest BCUT2D eigenvalue weighted by Gasteiger charge is 2.17. The summed E-state index contributed by atoms with van der Waals surface area (Å²) in [5.74, 6) is 2.57. The van der Waals surface area contributed by atoms with E-state index >= 15 is 0 Å². The Balaban J connectivity index is 1.79. The third-order valence-electron chi connectivity index (χ3n) is 3.68. The smallest absolute Gasteiger partial charge is 0.161 e. The number of rotatable bonds is 4. The summed E-state index contributed by atoms with van der Waals surface area (Å²) >= 11 is 0. The van der Waals surface area contributed by atoms with Gasteiger partial charge >= 0.3 is 0 Å². The molecule has 3 nitrogen and oxygen atoms in total. The van der Waals surface area contributed by atoms with Crippen LogP contribution in [0.25, 0.3) is 11.4 Å². The lowest BCUT2D eigenvalue weighted by Crippen LogP contribution is -2.21. The molecule has 0 saturated heterocycles. The van der Waals surface area contributed by atoms with Crippen molar-refractivity contribution in [2.24, 2.45) is 5.92 Å². The molecule has 0 amide bonds. The first-order chi connectivity index (χ1) is 9.31. The zero-order chi connectivity index (χ0) is 13.1. The molecule has 0 bridgehead atoms. The first kappa shape index (κ1) is 12.2. The normalized spacial score (nSPS) is 15.0. The van der Waals surface area contributed by atoms with Crippen LogP contribution in [0.15, 0.2) is 36.4 Å². The Morgan fingerprint density at radius 1 is 1.16 bits per heavy atom. The Labute approximate surface area is 114 Å². The van der Waals surface area contributed by atoms with Crippen LogP contribution in [0.4, 0.5) is 5.82 Å². The number of nitrogens with one attached hydrogen (secondary N) is 1. The fourth-order valence-electron chi connectivity index (χ4n) is 2.32. The second-order valence-electron chi connectivity index (χ2n) is 5.26. The Kier molecular flexibility index (Phi) is 3.45. The molecule has 1 aliphatic carbocycles. The summed E-state index contributed by atoms with van der Waals surface area (Å²) < 4.78 is 0. The highest BCUT2D eigenvalue weighted by Crippen LogP contribution is 2.26. The van der Waals surface area contributed by atoms with Gasteiger partial charge in [0.05, 0.1) is 0 Å². The zero-order valence-corrected chi connectivity index (χ0v) is 11.3. The van der Waals surface area contributed by atoms with Crippen molar-refractivity contribution in [3.05, 3.63) is 42.1 Å². The number of hydrogen-bond acceptors (Lipinski definition) is 3. The molecule has 1 aliphatic rings. The number of nitrogens with zero attached hydrogens (tertiary/aromatic N) is 2. The van der Waals surface area contributed by atoms with Crippen LogP contribution < -0.4 is 5.32 Å². The van der Waals surface area contributed by atoms with Crippen molar-refractivity contribution in [2.45, 2.75) is 26.2 Å². The average molecular weight is 253 g/mol. The van der Waals surface area contributed by atoms with Gasteiger partial charge in [0.15, 0.2) is 5.82 Å². The molecule has 1 fully saturated rings. The van der Waals surface area contributed by atoms with Crippen molar-refractivity contribution in [3.63, 3.8) is 0 Å². The third-order valence-corrected chi connectivity index (χ3v) is 3.68. The van der Waals surface area contributed by atoms with Gasteiger partial charge < -0.3 is 5.32 Å². The molecule has 0 aliphatic heterocycles. The SMILES string of the molecule is Cc1cc(NCC2CCC2)nc(-c2ccccc2)n1. The van der Waals surface area contributed by atoms with Crippen molar-refractivity contribution < 1.29 is 0 Å². The molecule has 1 aromatic carbocycles. The Bertz CT molecular complexity index is 547. The van der Waals surface area contributed by atoms with Crippen LogP contribution in [0.2, 0.25) is 0 Å². The molecule has 1 aromatic heterocycles. The van der Waals surface area contributed by atoms with Crippen molar-refractivity contribution in [1.29, 1.82) is 0 Å². The molecule has 19 heavy (non-hydrogen) atoms. The predicted molar refractivity (Wildman–Crippen MR) is 78.0 cm³/mol. The van der Waals surface area contributed by atoms with E-state index in [9.17, 15) is 0 Å². The van der Waals surface area contributed by atoms with E-state index in [0.717, 1.165) is 35.4 Å². The maximum atomic E-state index is 4.61. The van der Waals surface area contributed by atoms with Gasteiger partial charge in [0.1, 0.15) is 5.82 Å². The van der Waals surface area contributed by atoms with E-state index in [1.165, 1.54) is 19.3 Å². The molecule has 2 aromatic rings. The highest BCUT2D eigenvalue weighted by atomic mass is 15.0. The van der Waals surface area contributed by atoms with E-state index in [1.54, 1.807) is 0 Å². The maximum absolute atomic E-state index is 4.61. The highest BCUT2D eigenvalue weighted by molar-refractivity contribution is 5.57. The summed E-state index contributed by atoms with van der Waals surface area (Å²) in [6, 6.07) is 12.2. The van der Waals surface area contributed by atoms with Gasteiger partial charge in [-0.1, -0.05) is 36.8 Å². The van der Waals surface area contributed by atoms with E-state index in [2.05, 4.69) is 15.3 Å². The first-order valence-electron chi connectivity index (χ1n) is 6.96. The van der Waals surface area contributed by atoms with Gasteiger partial charge in [-0.3, -0.25) is 0 Å². The van der Waals surface area contributed by atoms with Gasteiger partial charge in [-0.05, 0) is 25.7 Å². The molecule has 0 atom stereocenters. The van der Waals surface area contributed by atoms with Gasteiger partial charge in [0.2, 0.25) is 0 Å². The summed E-state index contributed by atoms with van der Waals surface area (Å²) in [7, 11) is 0. The second kappa shape index (κ2) is 5.39. The van der Waals surface area contributed by atoms with E-state index in [0.29, 0.717) is 0 Å². The molecule has 3 rings (SSSR count). The van der Waals surface area contributed by atoms with Crippen LogP contribution >= 0.6 is 0 Å². The van der Waals surface area contributed by atoms with Gasteiger partial charge in [-0.2, -0.15) is 0 Å². The topological polar surface area (TPSA) is 37.8 Å². The quantitative estimate of drug-likeness (QED) is 0.903. The number of hydrogen-bond donors (Lipinski definition) is 1. The minimum atomic E-state index is 0.803. The molecule has 0 unspecified atom stereocenters. The fraction of sp³-hybridized carbons (Fsp3) is 0.375. The zero-order valence-electron chi connectivity index (χ0n) is 11.3. The molecule has 0 spiro atoms. The molecular formula is C16H19N3. The summed E-state index contributed by atoms with van der Waals surface area (Å²) in [4.78, 5) is 9.13.